The van der Waals surface area contributed by atoms with Crippen molar-refractivity contribution in [3.8, 4) is 0 Å². The molecule has 0 fully saturated rings. The minimum absolute atomic E-state index is 0.796. The Kier molecular flexibility index (Phi) is 3.01. The van der Waals surface area contributed by atoms with Crippen molar-refractivity contribution in [3.63, 3.8) is 0 Å². The average Bonchev–Trinajstić information content (AvgIpc) is 2.03. The summed E-state index contributed by atoms with van der Waals surface area (Å²) in [4.78, 5) is 0.975. The van der Waals surface area contributed by atoms with Crippen LogP contribution in [0.25, 0.3) is 0 Å². The van der Waals surface area contributed by atoms with Gasteiger partial charge in [0.1, 0.15) is 0 Å². The first kappa shape index (κ1) is 10.6. The van der Waals surface area contributed by atoms with E-state index in [1.807, 2.05) is 25.1 Å². The Morgan fingerprint density at radius 1 is 1.38 bits per heavy atom. The van der Waals surface area contributed by atoms with Crippen molar-refractivity contribution in [2.75, 3.05) is 0 Å². The number of benzene rings is 1. The fourth-order valence-corrected chi connectivity index (χ4v) is 1.67. The molecule has 0 saturated carbocycles. The van der Waals surface area contributed by atoms with Crippen molar-refractivity contribution in [2.24, 2.45) is 5.14 Å². The molecule has 0 spiro atoms. The van der Waals surface area contributed by atoms with Gasteiger partial charge in [-0.2, -0.15) is 0 Å². The molecule has 0 aliphatic rings. The van der Waals surface area contributed by atoms with Gasteiger partial charge in [0.15, 0.2) is 0 Å². The third kappa shape index (κ3) is 2.46. The van der Waals surface area contributed by atoms with E-state index in [2.05, 4.69) is 0 Å². The number of rotatable bonds is 2. The molecule has 0 atom stereocenters. The van der Waals surface area contributed by atoms with Crippen LogP contribution in [0.3, 0.4) is 0 Å². The van der Waals surface area contributed by atoms with Crippen LogP contribution in [0.15, 0.2) is 23.1 Å². The van der Waals surface area contributed by atoms with E-state index in [4.69, 9.17) is 5.14 Å². The Hall–Kier alpha value is -0.510. The van der Waals surface area contributed by atoms with E-state index in [1.165, 1.54) is 11.9 Å². The zero-order valence-corrected chi connectivity index (χ0v) is 8.98. The molecule has 0 heterocycles. The number of hydrogen-bond acceptors (Lipinski definition) is 3. The lowest BCUT2D eigenvalue weighted by atomic mass is 9.94. The first-order chi connectivity index (χ1) is 5.95. The van der Waals surface area contributed by atoms with Gasteiger partial charge < -0.3 is 5.11 Å². The summed E-state index contributed by atoms with van der Waals surface area (Å²) in [6.07, 6.45) is 0. The van der Waals surface area contributed by atoms with E-state index in [0.29, 0.717) is 0 Å². The Balaban J connectivity index is 3.19. The van der Waals surface area contributed by atoms with E-state index in [0.717, 1.165) is 16.0 Å². The summed E-state index contributed by atoms with van der Waals surface area (Å²) in [5.41, 5.74) is 1.23. The Morgan fingerprint density at radius 2 is 2.00 bits per heavy atom. The number of nitrogens with two attached hydrogens (primary N) is 1. The van der Waals surface area contributed by atoms with Crippen molar-refractivity contribution in [1.82, 2.24) is 0 Å². The van der Waals surface area contributed by atoms with Gasteiger partial charge in [-0.1, -0.05) is 6.07 Å². The molecular weight excluding hydrogens is 182 g/mol. The molecule has 1 aromatic carbocycles. The molecule has 0 amide bonds. The second-order valence-corrected chi connectivity index (χ2v) is 4.36. The van der Waals surface area contributed by atoms with Crippen molar-refractivity contribution in [3.05, 3.63) is 29.3 Å². The van der Waals surface area contributed by atoms with E-state index < -0.39 is 5.60 Å². The minimum atomic E-state index is -0.796. The maximum Gasteiger partial charge on any atom is 0.0843 e. The largest absolute Gasteiger partial charge is 0.386 e. The third-order valence-corrected chi connectivity index (χ3v) is 2.53. The van der Waals surface area contributed by atoms with E-state index in [-0.39, 0.29) is 0 Å². The Labute approximate surface area is 83.3 Å². The summed E-state index contributed by atoms with van der Waals surface area (Å²) in [6.45, 7) is 5.54. The van der Waals surface area contributed by atoms with Crippen molar-refractivity contribution in [2.45, 2.75) is 31.3 Å². The number of aryl methyl sites for hydroxylation is 1. The summed E-state index contributed by atoms with van der Waals surface area (Å²) in [5.74, 6) is 0. The Morgan fingerprint density at radius 3 is 2.46 bits per heavy atom. The topological polar surface area (TPSA) is 46.2 Å². The van der Waals surface area contributed by atoms with Crippen LogP contribution in [0.4, 0.5) is 0 Å². The monoisotopic (exact) mass is 197 g/mol. The van der Waals surface area contributed by atoms with Crippen LogP contribution in [0.2, 0.25) is 0 Å². The molecule has 0 aliphatic heterocycles. The summed E-state index contributed by atoms with van der Waals surface area (Å²) in [6, 6.07) is 5.86. The molecule has 0 saturated heterocycles. The van der Waals surface area contributed by atoms with Crippen molar-refractivity contribution >= 4 is 11.9 Å². The summed E-state index contributed by atoms with van der Waals surface area (Å²) in [7, 11) is 0. The third-order valence-electron chi connectivity index (χ3n) is 2.00. The molecule has 0 aliphatic carbocycles. The molecule has 0 radical (unpaired) electrons. The van der Waals surface area contributed by atoms with Gasteiger partial charge in [-0.15, -0.1) is 0 Å². The van der Waals surface area contributed by atoms with Crippen LogP contribution < -0.4 is 5.14 Å². The quantitative estimate of drug-likeness (QED) is 0.714. The highest BCUT2D eigenvalue weighted by molar-refractivity contribution is 7.97. The predicted molar refractivity (Wildman–Crippen MR) is 56.5 cm³/mol. The van der Waals surface area contributed by atoms with Crippen LogP contribution >= 0.6 is 11.9 Å². The van der Waals surface area contributed by atoms with Gasteiger partial charge in [0.05, 0.1) is 5.60 Å². The highest BCUT2D eigenvalue weighted by Gasteiger charge is 2.18. The van der Waals surface area contributed by atoms with Gasteiger partial charge in [-0.05, 0) is 56.0 Å². The van der Waals surface area contributed by atoms with Crippen LogP contribution in [0.5, 0.6) is 0 Å². The lowest BCUT2D eigenvalue weighted by molar-refractivity contribution is 0.0777. The summed E-state index contributed by atoms with van der Waals surface area (Å²) >= 11 is 1.20. The SMILES string of the molecule is Cc1ccc(SN)cc1C(C)(C)O. The molecule has 0 unspecified atom stereocenters. The second kappa shape index (κ2) is 3.70. The standard InChI is InChI=1S/C10H15NOS/c1-7-4-5-8(13-11)6-9(7)10(2,3)12/h4-6,12H,11H2,1-3H3. The first-order valence-electron chi connectivity index (χ1n) is 4.15. The van der Waals surface area contributed by atoms with E-state index in [9.17, 15) is 5.11 Å². The first-order valence-corrected chi connectivity index (χ1v) is 5.03. The molecule has 13 heavy (non-hydrogen) atoms. The lowest BCUT2D eigenvalue weighted by Gasteiger charge is -2.20. The molecule has 1 rings (SSSR count). The summed E-state index contributed by atoms with van der Waals surface area (Å²) in [5, 5.41) is 15.3. The van der Waals surface area contributed by atoms with Gasteiger partial charge >= 0.3 is 0 Å². The van der Waals surface area contributed by atoms with Gasteiger partial charge in [0, 0.05) is 4.90 Å². The predicted octanol–water partition coefficient (Wildman–Crippen LogP) is 2.19. The van der Waals surface area contributed by atoms with Crippen molar-refractivity contribution in [1.29, 1.82) is 0 Å². The molecule has 1 aromatic rings. The van der Waals surface area contributed by atoms with Crippen LogP contribution in [0.1, 0.15) is 25.0 Å². The molecule has 72 valence electrons. The zero-order valence-electron chi connectivity index (χ0n) is 8.16. The normalized spacial score (nSPS) is 11.8. The van der Waals surface area contributed by atoms with Gasteiger partial charge in [-0.25, -0.2) is 0 Å². The smallest absolute Gasteiger partial charge is 0.0843 e. The molecule has 0 bridgehead atoms. The highest BCUT2D eigenvalue weighted by atomic mass is 32.2. The van der Waals surface area contributed by atoms with Crippen LogP contribution in [-0.2, 0) is 5.60 Å². The number of hydrogen-bond donors (Lipinski definition) is 2. The van der Waals surface area contributed by atoms with Gasteiger partial charge in [-0.3, -0.25) is 5.14 Å². The highest BCUT2D eigenvalue weighted by Crippen LogP contribution is 2.26. The minimum Gasteiger partial charge on any atom is -0.386 e. The fourth-order valence-electron chi connectivity index (χ4n) is 1.33. The Bertz CT molecular complexity index is 304. The zero-order chi connectivity index (χ0) is 10.1. The van der Waals surface area contributed by atoms with Gasteiger partial charge in [0.25, 0.3) is 0 Å². The molecule has 3 N–H and O–H groups in total. The average molecular weight is 197 g/mol. The van der Waals surface area contributed by atoms with E-state index in [1.54, 1.807) is 13.8 Å². The molecule has 2 nitrogen and oxygen atoms in total. The van der Waals surface area contributed by atoms with Crippen LogP contribution in [0, 0.1) is 6.92 Å². The molecule has 0 aromatic heterocycles. The van der Waals surface area contributed by atoms with Gasteiger partial charge in [0.2, 0.25) is 0 Å². The second-order valence-electron chi connectivity index (χ2n) is 3.65. The summed E-state index contributed by atoms with van der Waals surface area (Å²) < 4.78 is 0. The van der Waals surface area contributed by atoms with Crippen LogP contribution in [-0.4, -0.2) is 5.11 Å². The maximum absolute atomic E-state index is 9.84. The lowest BCUT2D eigenvalue weighted by Crippen LogP contribution is -2.17. The van der Waals surface area contributed by atoms with Crippen molar-refractivity contribution < 1.29 is 5.11 Å². The fraction of sp³-hybridized carbons (Fsp3) is 0.400. The number of aliphatic hydroxyl groups is 1. The van der Waals surface area contributed by atoms with E-state index >= 15 is 0 Å². The maximum atomic E-state index is 9.84. The molecule has 3 heteroatoms. The molecular formula is C10H15NOS.